The number of carbonyl (C=O) groups is 1. The van der Waals surface area contributed by atoms with E-state index in [1.54, 1.807) is 0 Å². The lowest BCUT2D eigenvalue weighted by Gasteiger charge is -2.30. The summed E-state index contributed by atoms with van der Waals surface area (Å²) in [5.74, 6) is 1.81. The Morgan fingerprint density at radius 3 is 2.39 bits per heavy atom. The van der Waals surface area contributed by atoms with Crippen LogP contribution in [0.2, 0.25) is 0 Å². The molecule has 2 bridgehead atoms. The second-order valence-corrected chi connectivity index (χ2v) is 8.54. The predicted octanol–water partition coefficient (Wildman–Crippen LogP) is 2.24. The maximum absolute atomic E-state index is 12.7. The highest BCUT2D eigenvalue weighted by Gasteiger charge is 2.36. The van der Waals surface area contributed by atoms with Gasteiger partial charge in [-0.1, -0.05) is 6.42 Å². The standard InChI is InChI=1S/C19H33N3O/c23-19(12-16-10-17-4-5-18(11-16)20-17)22-9-6-15(14-22)13-21-7-2-1-3-8-21/h15-18,20H,1-14H2. The summed E-state index contributed by atoms with van der Waals surface area (Å²) in [6.07, 6.45) is 11.3. The molecular formula is C19H33N3O. The van der Waals surface area contributed by atoms with E-state index in [0.717, 1.165) is 25.4 Å². The van der Waals surface area contributed by atoms with Crippen LogP contribution in [0.1, 0.15) is 57.8 Å². The molecule has 1 amide bonds. The molecule has 0 aromatic heterocycles. The van der Waals surface area contributed by atoms with E-state index in [4.69, 9.17) is 0 Å². The highest BCUT2D eigenvalue weighted by atomic mass is 16.2. The lowest BCUT2D eigenvalue weighted by Crippen LogP contribution is -2.40. The van der Waals surface area contributed by atoms with Gasteiger partial charge >= 0.3 is 0 Å². The summed E-state index contributed by atoms with van der Waals surface area (Å²) in [6, 6.07) is 1.41. The number of nitrogens with zero attached hydrogens (tertiary/aromatic N) is 2. The Hall–Kier alpha value is -0.610. The van der Waals surface area contributed by atoms with Gasteiger partial charge in [-0.3, -0.25) is 4.79 Å². The smallest absolute Gasteiger partial charge is 0.222 e. The van der Waals surface area contributed by atoms with Crippen molar-refractivity contribution in [2.24, 2.45) is 11.8 Å². The number of hydrogen-bond donors (Lipinski definition) is 1. The van der Waals surface area contributed by atoms with Gasteiger partial charge in [0.1, 0.15) is 0 Å². The zero-order valence-electron chi connectivity index (χ0n) is 14.5. The fourth-order valence-corrected chi connectivity index (χ4v) is 5.43. The van der Waals surface area contributed by atoms with E-state index in [-0.39, 0.29) is 0 Å². The molecule has 3 atom stereocenters. The fraction of sp³-hybridized carbons (Fsp3) is 0.947. The lowest BCUT2D eigenvalue weighted by atomic mass is 9.89. The minimum atomic E-state index is 0.442. The van der Waals surface area contributed by atoms with Gasteiger partial charge in [0.15, 0.2) is 0 Å². The number of fused-ring (bicyclic) bond motifs is 2. The molecule has 0 aliphatic carbocycles. The van der Waals surface area contributed by atoms with E-state index in [1.165, 1.54) is 71.0 Å². The third-order valence-corrected chi connectivity index (χ3v) is 6.64. The van der Waals surface area contributed by atoms with E-state index in [0.29, 0.717) is 23.9 Å². The Morgan fingerprint density at radius 1 is 0.913 bits per heavy atom. The number of carbonyl (C=O) groups excluding carboxylic acids is 1. The summed E-state index contributed by atoms with van der Waals surface area (Å²) >= 11 is 0. The van der Waals surface area contributed by atoms with Crippen molar-refractivity contribution in [2.75, 3.05) is 32.7 Å². The van der Waals surface area contributed by atoms with Crippen molar-refractivity contribution in [3.05, 3.63) is 0 Å². The lowest BCUT2D eigenvalue weighted by molar-refractivity contribution is -0.131. The fourth-order valence-electron chi connectivity index (χ4n) is 5.43. The summed E-state index contributed by atoms with van der Waals surface area (Å²) in [7, 11) is 0. The number of rotatable bonds is 4. The average Bonchev–Trinajstić information content (AvgIpc) is 3.15. The molecule has 23 heavy (non-hydrogen) atoms. The Kier molecular flexibility index (Phi) is 4.91. The number of likely N-dealkylation sites (tertiary alicyclic amines) is 2. The van der Waals surface area contributed by atoms with Crippen molar-refractivity contribution in [3.8, 4) is 0 Å². The van der Waals surface area contributed by atoms with Crippen LogP contribution in [0.15, 0.2) is 0 Å². The molecule has 130 valence electrons. The maximum Gasteiger partial charge on any atom is 0.222 e. The van der Waals surface area contributed by atoms with Gasteiger partial charge in [0.25, 0.3) is 0 Å². The number of nitrogens with one attached hydrogen (secondary N) is 1. The summed E-state index contributed by atoms with van der Waals surface area (Å²) in [4.78, 5) is 17.5. The molecule has 4 nitrogen and oxygen atoms in total. The summed E-state index contributed by atoms with van der Waals surface area (Å²) < 4.78 is 0. The third-order valence-electron chi connectivity index (χ3n) is 6.64. The number of piperidine rings is 2. The molecule has 0 aromatic carbocycles. The van der Waals surface area contributed by atoms with Crippen LogP contribution in [0.25, 0.3) is 0 Å². The Balaban J connectivity index is 1.22. The quantitative estimate of drug-likeness (QED) is 0.863. The molecule has 4 aliphatic heterocycles. The van der Waals surface area contributed by atoms with Crippen LogP contribution < -0.4 is 5.32 Å². The molecule has 0 saturated carbocycles. The molecule has 3 unspecified atom stereocenters. The van der Waals surface area contributed by atoms with Crippen LogP contribution in [0.4, 0.5) is 0 Å². The molecule has 4 aliphatic rings. The molecule has 1 N–H and O–H groups in total. The van der Waals surface area contributed by atoms with Crippen molar-refractivity contribution >= 4 is 5.91 Å². The summed E-state index contributed by atoms with van der Waals surface area (Å²) in [6.45, 7) is 5.81. The van der Waals surface area contributed by atoms with E-state index in [9.17, 15) is 4.79 Å². The van der Waals surface area contributed by atoms with Gasteiger partial charge in [-0.25, -0.2) is 0 Å². The molecule has 0 radical (unpaired) electrons. The molecule has 4 rings (SSSR count). The molecule has 4 heterocycles. The van der Waals surface area contributed by atoms with Gasteiger partial charge < -0.3 is 15.1 Å². The van der Waals surface area contributed by atoms with Crippen molar-refractivity contribution in [2.45, 2.75) is 69.9 Å². The molecule has 0 spiro atoms. The SMILES string of the molecule is O=C(CC1CC2CCC(C1)N2)N1CCC(CN2CCCCC2)C1. The Morgan fingerprint density at radius 2 is 1.65 bits per heavy atom. The summed E-state index contributed by atoms with van der Waals surface area (Å²) in [5, 5.41) is 3.69. The third kappa shape index (κ3) is 3.90. The van der Waals surface area contributed by atoms with Crippen molar-refractivity contribution in [1.82, 2.24) is 15.1 Å². The van der Waals surface area contributed by atoms with Crippen LogP contribution in [0.5, 0.6) is 0 Å². The minimum Gasteiger partial charge on any atom is -0.342 e. The molecule has 4 saturated heterocycles. The molecule has 4 fully saturated rings. The molecule has 4 heteroatoms. The minimum absolute atomic E-state index is 0.442. The first-order chi connectivity index (χ1) is 11.3. The van der Waals surface area contributed by atoms with Crippen LogP contribution in [0.3, 0.4) is 0 Å². The van der Waals surface area contributed by atoms with Gasteiger partial charge in [0, 0.05) is 38.1 Å². The van der Waals surface area contributed by atoms with E-state index < -0.39 is 0 Å². The van der Waals surface area contributed by atoms with Crippen molar-refractivity contribution < 1.29 is 4.79 Å². The second-order valence-electron chi connectivity index (χ2n) is 8.54. The Bertz CT molecular complexity index is 409. The highest BCUT2D eigenvalue weighted by Crippen LogP contribution is 2.33. The van der Waals surface area contributed by atoms with Gasteiger partial charge in [-0.2, -0.15) is 0 Å². The Labute approximate surface area is 141 Å². The zero-order valence-corrected chi connectivity index (χ0v) is 14.5. The predicted molar refractivity (Wildman–Crippen MR) is 92.3 cm³/mol. The maximum atomic E-state index is 12.7. The average molecular weight is 319 g/mol. The summed E-state index contributed by atoms with van der Waals surface area (Å²) in [5.41, 5.74) is 0. The van der Waals surface area contributed by atoms with Gasteiger partial charge in [-0.15, -0.1) is 0 Å². The van der Waals surface area contributed by atoms with E-state index in [1.807, 2.05) is 0 Å². The normalized spacial score (nSPS) is 38.2. The van der Waals surface area contributed by atoms with Crippen LogP contribution in [-0.4, -0.2) is 60.5 Å². The first-order valence-electron chi connectivity index (χ1n) is 10.0. The van der Waals surface area contributed by atoms with Gasteiger partial charge in [0.05, 0.1) is 0 Å². The van der Waals surface area contributed by atoms with E-state index >= 15 is 0 Å². The largest absolute Gasteiger partial charge is 0.342 e. The van der Waals surface area contributed by atoms with Crippen LogP contribution in [0, 0.1) is 11.8 Å². The van der Waals surface area contributed by atoms with Gasteiger partial charge in [-0.05, 0) is 69.9 Å². The topological polar surface area (TPSA) is 35.6 Å². The van der Waals surface area contributed by atoms with Crippen molar-refractivity contribution in [1.29, 1.82) is 0 Å². The number of hydrogen-bond acceptors (Lipinski definition) is 3. The number of amides is 1. The molecular weight excluding hydrogens is 286 g/mol. The second kappa shape index (κ2) is 7.10. The first kappa shape index (κ1) is 15.9. The molecule has 0 aromatic rings. The first-order valence-corrected chi connectivity index (χ1v) is 10.0. The highest BCUT2D eigenvalue weighted by molar-refractivity contribution is 5.76. The van der Waals surface area contributed by atoms with Crippen LogP contribution in [-0.2, 0) is 4.79 Å². The van der Waals surface area contributed by atoms with Gasteiger partial charge in [0.2, 0.25) is 5.91 Å². The zero-order chi connectivity index (χ0) is 15.6. The monoisotopic (exact) mass is 319 g/mol. The van der Waals surface area contributed by atoms with E-state index in [2.05, 4.69) is 15.1 Å². The van der Waals surface area contributed by atoms with Crippen molar-refractivity contribution in [3.63, 3.8) is 0 Å². The van der Waals surface area contributed by atoms with Crippen LogP contribution >= 0.6 is 0 Å².